The lowest BCUT2D eigenvalue weighted by atomic mass is 10.0. The first kappa shape index (κ1) is 22.1. The molecule has 0 bridgehead atoms. The van der Waals surface area contributed by atoms with Gasteiger partial charge >= 0.3 is 11.8 Å². The van der Waals surface area contributed by atoms with Crippen LogP contribution in [0.3, 0.4) is 0 Å². The van der Waals surface area contributed by atoms with Crippen molar-refractivity contribution in [1.29, 1.82) is 0 Å². The lowest BCUT2D eigenvalue weighted by molar-refractivity contribution is -0.137. The van der Waals surface area contributed by atoms with E-state index in [9.17, 15) is 22.8 Å². The Labute approximate surface area is 182 Å². The Balaban J connectivity index is 1.68. The SMILES string of the molecule is CC(=O)Nc1ccc2c(CN(C3CC3)C(C)c3cccc(C(F)(F)F)c3)cc(=O)oc2c1. The molecule has 8 heteroatoms. The first-order valence-corrected chi connectivity index (χ1v) is 10.4. The van der Waals surface area contributed by atoms with Crippen LogP contribution in [-0.4, -0.2) is 16.8 Å². The third-order valence-electron chi connectivity index (χ3n) is 5.71. The molecule has 0 radical (unpaired) electrons. The number of fused-ring (bicyclic) bond motifs is 1. The molecule has 3 aromatic rings. The van der Waals surface area contributed by atoms with E-state index in [1.54, 1.807) is 24.3 Å². The van der Waals surface area contributed by atoms with Crippen molar-refractivity contribution >= 4 is 22.6 Å². The zero-order valence-corrected chi connectivity index (χ0v) is 17.7. The van der Waals surface area contributed by atoms with Gasteiger partial charge in [-0.2, -0.15) is 13.2 Å². The molecule has 1 aliphatic rings. The van der Waals surface area contributed by atoms with E-state index in [4.69, 9.17) is 4.42 Å². The molecule has 1 aromatic heterocycles. The van der Waals surface area contributed by atoms with Crippen LogP contribution in [0.25, 0.3) is 11.0 Å². The normalized spacial score (nSPS) is 15.2. The van der Waals surface area contributed by atoms with Gasteiger partial charge in [-0.1, -0.05) is 12.1 Å². The maximum Gasteiger partial charge on any atom is 0.416 e. The van der Waals surface area contributed by atoms with Crippen LogP contribution in [0, 0.1) is 0 Å². The summed E-state index contributed by atoms with van der Waals surface area (Å²) in [4.78, 5) is 25.7. The standard InChI is InChI=1S/C24H23F3N2O3/c1-14(16-4-3-5-18(10-16)24(25,26)27)29(20-7-8-20)13-17-11-23(31)32-22-12-19(28-15(2)30)6-9-21(17)22/h3-6,9-12,14,20H,7-8,13H2,1-2H3,(H,28,30). The molecule has 5 nitrogen and oxygen atoms in total. The lowest BCUT2D eigenvalue weighted by Gasteiger charge is -2.30. The van der Waals surface area contributed by atoms with Crippen molar-refractivity contribution in [2.75, 3.05) is 5.32 Å². The number of hydrogen-bond acceptors (Lipinski definition) is 4. The number of benzene rings is 2. The van der Waals surface area contributed by atoms with Crippen LogP contribution in [-0.2, 0) is 17.5 Å². The second-order valence-corrected chi connectivity index (χ2v) is 8.19. The summed E-state index contributed by atoms with van der Waals surface area (Å²) in [6.07, 6.45) is -2.49. The van der Waals surface area contributed by atoms with Crippen molar-refractivity contribution in [3.05, 3.63) is 75.6 Å². The van der Waals surface area contributed by atoms with E-state index in [1.165, 1.54) is 25.1 Å². The number of amides is 1. The van der Waals surface area contributed by atoms with Crippen LogP contribution in [0.4, 0.5) is 18.9 Å². The number of nitrogens with zero attached hydrogens (tertiary/aromatic N) is 1. The van der Waals surface area contributed by atoms with Gasteiger partial charge in [-0.05, 0) is 55.2 Å². The van der Waals surface area contributed by atoms with Crippen molar-refractivity contribution < 1.29 is 22.4 Å². The van der Waals surface area contributed by atoms with Gasteiger partial charge in [-0.15, -0.1) is 0 Å². The van der Waals surface area contributed by atoms with Gasteiger partial charge in [0.15, 0.2) is 0 Å². The fourth-order valence-electron chi connectivity index (χ4n) is 3.99. The Hall–Kier alpha value is -3.13. The second-order valence-electron chi connectivity index (χ2n) is 8.19. The number of anilines is 1. The third kappa shape index (κ3) is 4.85. The van der Waals surface area contributed by atoms with E-state index < -0.39 is 17.4 Å². The zero-order chi connectivity index (χ0) is 23.0. The monoisotopic (exact) mass is 444 g/mol. The van der Waals surface area contributed by atoms with Crippen LogP contribution in [0.5, 0.6) is 0 Å². The summed E-state index contributed by atoms with van der Waals surface area (Å²) in [5, 5.41) is 3.38. The van der Waals surface area contributed by atoms with Gasteiger partial charge < -0.3 is 9.73 Å². The van der Waals surface area contributed by atoms with Crippen LogP contribution in [0.1, 0.15) is 49.4 Å². The molecule has 0 spiro atoms. The molecule has 32 heavy (non-hydrogen) atoms. The largest absolute Gasteiger partial charge is 0.423 e. The molecular weight excluding hydrogens is 421 g/mol. The van der Waals surface area contributed by atoms with E-state index in [0.717, 1.165) is 29.9 Å². The summed E-state index contributed by atoms with van der Waals surface area (Å²) in [6, 6.07) is 11.9. The quantitative estimate of drug-likeness (QED) is 0.511. The van der Waals surface area contributed by atoms with E-state index in [0.29, 0.717) is 23.4 Å². The highest BCUT2D eigenvalue weighted by Gasteiger charge is 2.35. The predicted octanol–water partition coefficient (Wildman–Crippen LogP) is 5.50. The number of alkyl halides is 3. The lowest BCUT2D eigenvalue weighted by Crippen LogP contribution is -2.29. The van der Waals surface area contributed by atoms with E-state index in [-0.39, 0.29) is 18.0 Å². The van der Waals surface area contributed by atoms with Crippen molar-refractivity contribution in [2.45, 2.75) is 51.5 Å². The predicted molar refractivity (Wildman–Crippen MR) is 115 cm³/mol. The van der Waals surface area contributed by atoms with Crippen molar-refractivity contribution in [2.24, 2.45) is 0 Å². The van der Waals surface area contributed by atoms with Crippen LogP contribution >= 0.6 is 0 Å². The fraction of sp³-hybridized carbons (Fsp3) is 0.333. The van der Waals surface area contributed by atoms with Crippen LogP contribution in [0.2, 0.25) is 0 Å². The van der Waals surface area contributed by atoms with Gasteiger partial charge in [-0.3, -0.25) is 9.69 Å². The molecule has 1 N–H and O–H groups in total. The molecule has 0 saturated heterocycles. The molecule has 168 valence electrons. The first-order valence-electron chi connectivity index (χ1n) is 10.4. The Morgan fingerprint density at radius 1 is 1.19 bits per heavy atom. The summed E-state index contributed by atoms with van der Waals surface area (Å²) >= 11 is 0. The molecule has 1 heterocycles. The van der Waals surface area contributed by atoms with Crippen molar-refractivity contribution in [1.82, 2.24) is 4.90 Å². The number of carbonyl (C=O) groups is 1. The number of nitrogens with one attached hydrogen (secondary N) is 1. The number of rotatable bonds is 6. The van der Waals surface area contributed by atoms with Crippen LogP contribution in [0.15, 0.2) is 57.7 Å². The average molecular weight is 444 g/mol. The number of hydrogen-bond donors (Lipinski definition) is 1. The maximum absolute atomic E-state index is 13.2. The molecule has 1 saturated carbocycles. The summed E-state index contributed by atoms with van der Waals surface area (Å²) < 4.78 is 44.9. The van der Waals surface area contributed by atoms with Crippen molar-refractivity contribution in [3.8, 4) is 0 Å². The Bertz CT molecular complexity index is 1220. The molecule has 4 rings (SSSR count). The van der Waals surface area contributed by atoms with Crippen molar-refractivity contribution in [3.63, 3.8) is 0 Å². The van der Waals surface area contributed by atoms with E-state index in [1.807, 2.05) is 6.92 Å². The second kappa shape index (κ2) is 8.43. The van der Waals surface area contributed by atoms with Gasteiger partial charge in [0.1, 0.15) is 5.58 Å². The number of carbonyl (C=O) groups excluding carboxylic acids is 1. The maximum atomic E-state index is 13.2. The highest BCUT2D eigenvalue weighted by Crippen LogP contribution is 2.38. The van der Waals surface area contributed by atoms with E-state index >= 15 is 0 Å². The molecule has 1 fully saturated rings. The Morgan fingerprint density at radius 3 is 2.59 bits per heavy atom. The summed E-state index contributed by atoms with van der Waals surface area (Å²) in [5.74, 6) is -0.238. The summed E-state index contributed by atoms with van der Waals surface area (Å²) in [6.45, 7) is 3.67. The molecular formula is C24H23F3N2O3. The molecule has 0 aliphatic heterocycles. The van der Waals surface area contributed by atoms with Gasteiger partial charge in [0.25, 0.3) is 0 Å². The molecule has 2 aromatic carbocycles. The topological polar surface area (TPSA) is 62.6 Å². The Kier molecular flexibility index (Phi) is 5.81. The molecule has 1 atom stereocenters. The molecule has 1 aliphatic carbocycles. The summed E-state index contributed by atoms with van der Waals surface area (Å²) in [5.41, 5.74) is 0.982. The van der Waals surface area contributed by atoms with Gasteiger partial charge in [-0.25, -0.2) is 4.79 Å². The average Bonchev–Trinajstić information content (AvgIpc) is 3.55. The van der Waals surface area contributed by atoms with Crippen LogP contribution < -0.4 is 10.9 Å². The van der Waals surface area contributed by atoms with Gasteiger partial charge in [0.05, 0.1) is 5.56 Å². The highest BCUT2D eigenvalue weighted by molar-refractivity contribution is 5.92. The molecule has 1 amide bonds. The van der Waals surface area contributed by atoms with Gasteiger partial charge in [0.2, 0.25) is 5.91 Å². The highest BCUT2D eigenvalue weighted by atomic mass is 19.4. The van der Waals surface area contributed by atoms with Gasteiger partial charge in [0, 0.05) is 48.8 Å². The van der Waals surface area contributed by atoms with E-state index in [2.05, 4.69) is 10.2 Å². The zero-order valence-electron chi connectivity index (χ0n) is 17.7. The third-order valence-corrected chi connectivity index (χ3v) is 5.71. The molecule has 1 unspecified atom stereocenters. The minimum atomic E-state index is -4.40. The first-order chi connectivity index (χ1) is 15.1. The Morgan fingerprint density at radius 2 is 1.94 bits per heavy atom. The smallest absolute Gasteiger partial charge is 0.416 e. The minimum Gasteiger partial charge on any atom is -0.423 e. The minimum absolute atomic E-state index is 0.237. The number of halogens is 3. The fourth-order valence-corrected chi connectivity index (χ4v) is 3.99. The summed E-state index contributed by atoms with van der Waals surface area (Å²) in [7, 11) is 0.